The van der Waals surface area contributed by atoms with Gasteiger partial charge in [0.2, 0.25) is 5.91 Å². The first-order valence-corrected chi connectivity index (χ1v) is 7.65. The maximum absolute atomic E-state index is 12.1. The van der Waals surface area contributed by atoms with Crippen molar-refractivity contribution in [2.24, 2.45) is 0 Å². The first-order chi connectivity index (χ1) is 9.20. The van der Waals surface area contributed by atoms with Crippen LogP contribution in [0.1, 0.15) is 37.9 Å². The molecule has 1 aliphatic rings. The molecule has 1 atom stereocenters. The molecule has 19 heavy (non-hydrogen) atoms. The molecule has 1 saturated heterocycles. The Bertz CT molecular complexity index is 436. The Balaban J connectivity index is 1.99. The van der Waals surface area contributed by atoms with Crippen LogP contribution in [-0.4, -0.2) is 30.5 Å². The van der Waals surface area contributed by atoms with Gasteiger partial charge in [-0.2, -0.15) is 0 Å². The van der Waals surface area contributed by atoms with Gasteiger partial charge in [-0.1, -0.05) is 41.4 Å². The van der Waals surface area contributed by atoms with Crippen LogP contribution in [0.25, 0.3) is 0 Å². The SMILES string of the molecule is CCCCC(=O)N1CCOC(c2cccc(Br)c2)C1. The highest BCUT2D eigenvalue weighted by atomic mass is 79.9. The van der Waals surface area contributed by atoms with Gasteiger partial charge in [-0.15, -0.1) is 0 Å². The van der Waals surface area contributed by atoms with Gasteiger partial charge in [-0.3, -0.25) is 4.79 Å². The summed E-state index contributed by atoms with van der Waals surface area (Å²) in [5.74, 6) is 0.255. The van der Waals surface area contributed by atoms with Gasteiger partial charge in [0.25, 0.3) is 0 Å². The van der Waals surface area contributed by atoms with E-state index in [2.05, 4.69) is 35.0 Å². The topological polar surface area (TPSA) is 29.5 Å². The van der Waals surface area contributed by atoms with Crippen molar-refractivity contribution in [3.63, 3.8) is 0 Å². The average Bonchev–Trinajstić information content (AvgIpc) is 2.45. The highest BCUT2D eigenvalue weighted by molar-refractivity contribution is 9.10. The number of amides is 1. The lowest BCUT2D eigenvalue weighted by molar-refractivity contribution is -0.139. The van der Waals surface area contributed by atoms with E-state index in [1.165, 1.54) is 0 Å². The summed E-state index contributed by atoms with van der Waals surface area (Å²) in [6, 6.07) is 8.11. The number of unbranched alkanes of at least 4 members (excludes halogenated alkanes) is 1. The van der Waals surface area contributed by atoms with Crippen LogP contribution in [0.5, 0.6) is 0 Å². The van der Waals surface area contributed by atoms with E-state index in [4.69, 9.17) is 4.74 Å². The molecule has 0 aliphatic carbocycles. The molecule has 1 aromatic carbocycles. The second-order valence-electron chi connectivity index (χ2n) is 4.86. The Morgan fingerprint density at radius 1 is 1.53 bits per heavy atom. The standard InChI is InChI=1S/C15H20BrNO2/c1-2-3-7-15(18)17-8-9-19-14(11-17)12-5-4-6-13(16)10-12/h4-6,10,14H,2-3,7-9,11H2,1H3. The van der Waals surface area contributed by atoms with Crippen LogP contribution in [0.3, 0.4) is 0 Å². The van der Waals surface area contributed by atoms with E-state index < -0.39 is 0 Å². The van der Waals surface area contributed by atoms with Crippen LogP contribution in [0.2, 0.25) is 0 Å². The molecule has 3 nitrogen and oxygen atoms in total. The van der Waals surface area contributed by atoms with Crippen molar-refractivity contribution in [3.05, 3.63) is 34.3 Å². The van der Waals surface area contributed by atoms with E-state index in [1.807, 2.05) is 17.0 Å². The van der Waals surface area contributed by atoms with E-state index in [0.717, 1.165) is 22.9 Å². The van der Waals surface area contributed by atoms with Crippen molar-refractivity contribution in [2.75, 3.05) is 19.7 Å². The van der Waals surface area contributed by atoms with Crippen molar-refractivity contribution < 1.29 is 9.53 Å². The fraction of sp³-hybridized carbons (Fsp3) is 0.533. The monoisotopic (exact) mass is 325 g/mol. The molecular formula is C15H20BrNO2. The summed E-state index contributed by atoms with van der Waals surface area (Å²) in [7, 11) is 0. The molecule has 0 spiro atoms. The van der Waals surface area contributed by atoms with E-state index in [1.54, 1.807) is 0 Å². The van der Waals surface area contributed by atoms with E-state index in [0.29, 0.717) is 26.1 Å². The quantitative estimate of drug-likeness (QED) is 0.847. The number of rotatable bonds is 4. The maximum Gasteiger partial charge on any atom is 0.222 e. The summed E-state index contributed by atoms with van der Waals surface area (Å²) in [6.45, 7) is 4.11. The van der Waals surface area contributed by atoms with Gasteiger partial charge in [0.05, 0.1) is 13.2 Å². The van der Waals surface area contributed by atoms with Crippen molar-refractivity contribution in [1.82, 2.24) is 4.90 Å². The number of nitrogens with zero attached hydrogens (tertiary/aromatic N) is 1. The molecule has 104 valence electrons. The molecule has 1 aromatic rings. The van der Waals surface area contributed by atoms with Gasteiger partial charge < -0.3 is 9.64 Å². The number of ether oxygens (including phenoxy) is 1. The van der Waals surface area contributed by atoms with Crippen LogP contribution in [0.15, 0.2) is 28.7 Å². The third-order valence-electron chi connectivity index (χ3n) is 3.38. The number of carbonyl (C=O) groups excluding carboxylic acids is 1. The van der Waals surface area contributed by atoms with Crippen molar-refractivity contribution in [2.45, 2.75) is 32.3 Å². The molecule has 1 fully saturated rings. The summed E-state index contributed by atoms with van der Waals surface area (Å²) < 4.78 is 6.83. The second kappa shape index (κ2) is 7.06. The number of hydrogen-bond acceptors (Lipinski definition) is 2. The van der Waals surface area contributed by atoms with Crippen molar-refractivity contribution >= 4 is 21.8 Å². The first-order valence-electron chi connectivity index (χ1n) is 6.85. The number of benzene rings is 1. The Hall–Kier alpha value is -0.870. The fourth-order valence-electron chi connectivity index (χ4n) is 2.27. The third-order valence-corrected chi connectivity index (χ3v) is 3.88. The highest BCUT2D eigenvalue weighted by Gasteiger charge is 2.24. The number of hydrogen-bond donors (Lipinski definition) is 0. The predicted molar refractivity (Wildman–Crippen MR) is 78.9 cm³/mol. The molecule has 0 radical (unpaired) electrons. The lowest BCUT2D eigenvalue weighted by Gasteiger charge is -2.33. The van der Waals surface area contributed by atoms with E-state index in [-0.39, 0.29) is 12.0 Å². The molecule has 0 bridgehead atoms. The summed E-state index contributed by atoms with van der Waals surface area (Å²) in [5, 5.41) is 0. The minimum atomic E-state index is -0.00294. The molecule has 2 rings (SSSR count). The smallest absolute Gasteiger partial charge is 0.222 e. The Labute approximate surface area is 123 Å². The number of halogens is 1. The zero-order valence-electron chi connectivity index (χ0n) is 11.3. The molecule has 1 unspecified atom stereocenters. The Kier molecular flexibility index (Phi) is 5.40. The summed E-state index contributed by atoms with van der Waals surface area (Å²) >= 11 is 3.47. The van der Waals surface area contributed by atoms with Crippen LogP contribution in [0.4, 0.5) is 0 Å². The number of carbonyl (C=O) groups is 1. The van der Waals surface area contributed by atoms with Gasteiger partial charge in [0.15, 0.2) is 0 Å². The van der Waals surface area contributed by atoms with E-state index >= 15 is 0 Å². The normalized spacial score (nSPS) is 19.5. The highest BCUT2D eigenvalue weighted by Crippen LogP contribution is 2.25. The average molecular weight is 326 g/mol. The Morgan fingerprint density at radius 3 is 3.11 bits per heavy atom. The zero-order chi connectivity index (χ0) is 13.7. The molecular weight excluding hydrogens is 306 g/mol. The molecule has 0 aromatic heterocycles. The summed E-state index contributed by atoms with van der Waals surface area (Å²) in [4.78, 5) is 14.0. The molecule has 1 amide bonds. The van der Waals surface area contributed by atoms with Crippen molar-refractivity contribution in [3.8, 4) is 0 Å². The van der Waals surface area contributed by atoms with Crippen LogP contribution < -0.4 is 0 Å². The molecule has 0 saturated carbocycles. The number of morpholine rings is 1. The van der Waals surface area contributed by atoms with Crippen LogP contribution in [-0.2, 0) is 9.53 Å². The zero-order valence-corrected chi connectivity index (χ0v) is 12.9. The van der Waals surface area contributed by atoms with Gasteiger partial charge in [-0.05, 0) is 24.1 Å². The lowest BCUT2D eigenvalue weighted by atomic mass is 10.1. The predicted octanol–water partition coefficient (Wildman–Crippen LogP) is 3.54. The van der Waals surface area contributed by atoms with Gasteiger partial charge in [0, 0.05) is 17.4 Å². The third kappa shape index (κ3) is 4.05. The molecule has 1 heterocycles. The van der Waals surface area contributed by atoms with Crippen molar-refractivity contribution in [1.29, 1.82) is 0 Å². The second-order valence-corrected chi connectivity index (χ2v) is 5.77. The molecule has 0 N–H and O–H groups in total. The van der Waals surface area contributed by atoms with E-state index in [9.17, 15) is 4.79 Å². The summed E-state index contributed by atoms with van der Waals surface area (Å²) in [5.41, 5.74) is 1.13. The fourth-order valence-corrected chi connectivity index (χ4v) is 2.69. The molecule has 1 aliphatic heterocycles. The Morgan fingerprint density at radius 2 is 2.37 bits per heavy atom. The minimum Gasteiger partial charge on any atom is -0.370 e. The first kappa shape index (κ1) is 14.5. The van der Waals surface area contributed by atoms with Gasteiger partial charge >= 0.3 is 0 Å². The summed E-state index contributed by atoms with van der Waals surface area (Å²) in [6.07, 6.45) is 2.68. The largest absolute Gasteiger partial charge is 0.370 e. The molecule has 4 heteroatoms. The van der Waals surface area contributed by atoms with Crippen LogP contribution in [0, 0.1) is 0 Å². The van der Waals surface area contributed by atoms with Crippen LogP contribution >= 0.6 is 15.9 Å². The maximum atomic E-state index is 12.1. The van der Waals surface area contributed by atoms with Gasteiger partial charge in [-0.25, -0.2) is 0 Å². The lowest BCUT2D eigenvalue weighted by Crippen LogP contribution is -2.42. The minimum absolute atomic E-state index is 0.00294. The van der Waals surface area contributed by atoms with Gasteiger partial charge in [0.1, 0.15) is 6.10 Å².